The number of ether oxygens (including phenoxy) is 1. The molecule has 3 heteroatoms. The van der Waals surface area contributed by atoms with E-state index >= 15 is 0 Å². The third kappa shape index (κ3) is 3.18. The molecule has 2 rings (SSSR count). The number of hydrogen-bond acceptors (Lipinski definition) is 2. The number of aliphatic carboxylic acids is 1. The molecule has 2 aromatic rings. The van der Waals surface area contributed by atoms with Gasteiger partial charge in [0.2, 0.25) is 5.60 Å². The topological polar surface area (TPSA) is 46.5 Å². The molecule has 0 spiro atoms. The highest BCUT2D eigenvalue weighted by Gasteiger charge is 2.39. The summed E-state index contributed by atoms with van der Waals surface area (Å²) in [6, 6.07) is 18.6. The summed E-state index contributed by atoms with van der Waals surface area (Å²) in [4.78, 5) is 11.7. The zero-order chi connectivity index (χ0) is 14.4. The van der Waals surface area contributed by atoms with Crippen LogP contribution < -0.4 is 4.74 Å². The van der Waals surface area contributed by atoms with Gasteiger partial charge in [-0.2, -0.15) is 0 Å². The molecule has 0 radical (unpaired) electrons. The summed E-state index contributed by atoms with van der Waals surface area (Å²) >= 11 is 0. The van der Waals surface area contributed by atoms with Crippen LogP contribution in [0.3, 0.4) is 0 Å². The predicted molar refractivity (Wildman–Crippen MR) is 77.9 cm³/mol. The zero-order valence-electron chi connectivity index (χ0n) is 11.5. The Bertz CT molecular complexity index is 507. The molecule has 1 N–H and O–H groups in total. The Hall–Kier alpha value is -2.29. The summed E-state index contributed by atoms with van der Waals surface area (Å²) in [7, 11) is 0. The maximum atomic E-state index is 11.7. The van der Waals surface area contributed by atoms with Crippen molar-refractivity contribution in [2.24, 2.45) is 0 Å². The summed E-state index contributed by atoms with van der Waals surface area (Å²) < 4.78 is 5.82. The minimum atomic E-state index is -1.23. The van der Waals surface area contributed by atoms with Crippen LogP contribution in [0.5, 0.6) is 5.75 Å². The van der Waals surface area contributed by atoms with Crippen LogP contribution >= 0.6 is 0 Å². The minimum absolute atomic E-state index is 0.342. The lowest BCUT2D eigenvalue weighted by Crippen LogP contribution is -2.46. The van der Waals surface area contributed by atoms with E-state index in [1.165, 1.54) is 0 Å². The second kappa shape index (κ2) is 6.24. The molecule has 1 atom stereocenters. The average molecular weight is 270 g/mol. The molecule has 0 heterocycles. The molecule has 3 nitrogen and oxygen atoms in total. The monoisotopic (exact) mass is 270 g/mol. The van der Waals surface area contributed by atoms with Crippen LogP contribution in [-0.4, -0.2) is 16.7 Å². The number of hydrogen-bond donors (Lipinski definition) is 1. The van der Waals surface area contributed by atoms with Crippen LogP contribution in [-0.2, 0) is 11.2 Å². The van der Waals surface area contributed by atoms with Crippen molar-refractivity contribution in [3.8, 4) is 5.75 Å². The first-order valence-electron chi connectivity index (χ1n) is 6.68. The fourth-order valence-electron chi connectivity index (χ4n) is 2.14. The van der Waals surface area contributed by atoms with Crippen LogP contribution in [0.1, 0.15) is 18.9 Å². The Morgan fingerprint density at radius 1 is 1.05 bits per heavy atom. The van der Waals surface area contributed by atoms with Crippen molar-refractivity contribution in [3.05, 3.63) is 66.2 Å². The van der Waals surface area contributed by atoms with E-state index in [0.29, 0.717) is 18.6 Å². The quantitative estimate of drug-likeness (QED) is 0.873. The number of carboxylic acid groups (broad SMARTS) is 1. The van der Waals surface area contributed by atoms with Crippen LogP contribution in [0.25, 0.3) is 0 Å². The molecule has 0 amide bonds. The van der Waals surface area contributed by atoms with Crippen molar-refractivity contribution < 1.29 is 14.6 Å². The van der Waals surface area contributed by atoms with Crippen molar-refractivity contribution in [3.63, 3.8) is 0 Å². The largest absolute Gasteiger partial charge is 0.478 e. The van der Waals surface area contributed by atoms with E-state index in [9.17, 15) is 9.90 Å². The van der Waals surface area contributed by atoms with E-state index in [1.54, 1.807) is 12.1 Å². The standard InChI is InChI=1S/C17H18O3/c1-2-17(16(18)19,13-14-9-5-3-6-10-14)20-15-11-7-4-8-12-15/h3-12H,2,13H2,1H3,(H,18,19). The van der Waals surface area contributed by atoms with E-state index in [-0.39, 0.29) is 0 Å². The van der Waals surface area contributed by atoms with E-state index in [2.05, 4.69) is 0 Å². The predicted octanol–water partition coefficient (Wildman–Crippen LogP) is 3.54. The fraction of sp³-hybridized carbons (Fsp3) is 0.235. The third-order valence-electron chi connectivity index (χ3n) is 3.35. The lowest BCUT2D eigenvalue weighted by Gasteiger charge is -2.29. The van der Waals surface area contributed by atoms with E-state index in [1.807, 2.05) is 55.5 Å². The molecule has 0 fully saturated rings. The van der Waals surface area contributed by atoms with Crippen LogP contribution in [0.15, 0.2) is 60.7 Å². The first-order valence-corrected chi connectivity index (χ1v) is 6.68. The van der Waals surface area contributed by atoms with Gasteiger partial charge < -0.3 is 9.84 Å². The molecule has 0 aliphatic carbocycles. The molecular formula is C17H18O3. The highest BCUT2D eigenvalue weighted by atomic mass is 16.5. The molecule has 0 aliphatic rings. The molecule has 0 aromatic heterocycles. The molecule has 2 aromatic carbocycles. The molecule has 104 valence electrons. The number of para-hydroxylation sites is 1. The first-order chi connectivity index (χ1) is 9.66. The van der Waals surface area contributed by atoms with Crippen LogP contribution in [0.2, 0.25) is 0 Å². The Balaban J connectivity index is 2.28. The highest BCUT2D eigenvalue weighted by molar-refractivity contribution is 5.78. The normalized spacial score (nSPS) is 13.4. The summed E-state index contributed by atoms with van der Waals surface area (Å²) in [5, 5.41) is 9.62. The molecule has 0 saturated heterocycles. The number of carbonyl (C=O) groups is 1. The van der Waals surface area contributed by atoms with Gasteiger partial charge in [-0.1, -0.05) is 55.5 Å². The summed E-state index contributed by atoms with van der Waals surface area (Å²) in [5.74, 6) is -0.361. The van der Waals surface area contributed by atoms with Gasteiger partial charge in [-0.25, -0.2) is 4.79 Å². The van der Waals surface area contributed by atoms with Crippen molar-refractivity contribution in [2.45, 2.75) is 25.4 Å². The van der Waals surface area contributed by atoms with Crippen LogP contribution in [0.4, 0.5) is 0 Å². The van der Waals surface area contributed by atoms with Gasteiger partial charge in [-0.15, -0.1) is 0 Å². The van der Waals surface area contributed by atoms with Crippen molar-refractivity contribution in [1.29, 1.82) is 0 Å². The van der Waals surface area contributed by atoms with Crippen LogP contribution in [0, 0.1) is 0 Å². The Kier molecular flexibility index (Phi) is 4.41. The van der Waals surface area contributed by atoms with E-state index < -0.39 is 11.6 Å². The molecule has 0 bridgehead atoms. The van der Waals surface area contributed by atoms with Gasteiger partial charge in [0.05, 0.1) is 0 Å². The lowest BCUT2D eigenvalue weighted by molar-refractivity contribution is -0.155. The summed E-state index contributed by atoms with van der Waals surface area (Å²) in [5.41, 5.74) is -0.282. The Morgan fingerprint density at radius 2 is 1.60 bits per heavy atom. The zero-order valence-corrected chi connectivity index (χ0v) is 11.5. The van der Waals surface area contributed by atoms with Gasteiger partial charge in [0.25, 0.3) is 0 Å². The molecule has 20 heavy (non-hydrogen) atoms. The van der Waals surface area contributed by atoms with Gasteiger partial charge in [0.15, 0.2) is 0 Å². The van der Waals surface area contributed by atoms with Gasteiger partial charge in [0.1, 0.15) is 5.75 Å². The lowest BCUT2D eigenvalue weighted by atomic mass is 9.91. The average Bonchev–Trinajstić information content (AvgIpc) is 2.48. The number of benzene rings is 2. The first kappa shape index (κ1) is 14.1. The Labute approximate surface area is 118 Å². The fourth-order valence-corrected chi connectivity index (χ4v) is 2.14. The third-order valence-corrected chi connectivity index (χ3v) is 3.35. The molecule has 1 unspecified atom stereocenters. The highest BCUT2D eigenvalue weighted by Crippen LogP contribution is 2.26. The second-order valence-electron chi connectivity index (χ2n) is 4.73. The smallest absolute Gasteiger partial charge is 0.348 e. The molecule has 0 aliphatic heterocycles. The van der Waals surface area contributed by atoms with Crippen molar-refractivity contribution in [1.82, 2.24) is 0 Å². The van der Waals surface area contributed by atoms with E-state index in [0.717, 1.165) is 5.56 Å². The van der Waals surface area contributed by atoms with Gasteiger partial charge in [-0.3, -0.25) is 0 Å². The summed E-state index contributed by atoms with van der Waals surface area (Å²) in [6.07, 6.45) is 0.737. The van der Waals surface area contributed by atoms with Gasteiger partial charge >= 0.3 is 5.97 Å². The van der Waals surface area contributed by atoms with Crippen molar-refractivity contribution >= 4 is 5.97 Å². The number of carboxylic acids is 1. The molecular weight excluding hydrogens is 252 g/mol. The van der Waals surface area contributed by atoms with E-state index in [4.69, 9.17) is 4.74 Å². The Morgan fingerprint density at radius 3 is 2.10 bits per heavy atom. The second-order valence-corrected chi connectivity index (χ2v) is 4.73. The maximum Gasteiger partial charge on any atom is 0.348 e. The SMILES string of the molecule is CCC(Cc1ccccc1)(Oc1ccccc1)C(=O)O. The summed E-state index contributed by atoms with van der Waals surface area (Å²) in [6.45, 7) is 1.83. The minimum Gasteiger partial charge on any atom is -0.478 e. The molecule has 0 saturated carbocycles. The number of rotatable bonds is 6. The maximum absolute atomic E-state index is 11.7. The van der Waals surface area contributed by atoms with Gasteiger partial charge in [-0.05, 0) is 24.1 Å². The van der Waals surface area contributed by atoms with Crippen molar-refractivity contribution in [2.75, 3.05) is 0 Å². The van der Waals surface area contributed by atoms with Gasteiger partial charge in [0, 0.05) is 6.42 Å².